The lowest BCUT2D eigenvalue weighted by Crippen LogP contribution is -2.59. The van der Waals surface area contributed by atoms with Gasteiger partial charge in [0.2, 0.25) is 17.7 Å². The number of nitrogens with one attached hydrogen (secondary N) is 3. The number of carbonyl (C=O) groups excluding carboxylic acids is 3. The van der Waals surface area contributed by atoms with Gasteiger partial charge in [-0.05, 0) is 42.9 Å². The zero-order chi connectivity index (χ0) is 26.9. The largest absolute Gasteiger partial charge is 0.508 e. The van der Waals surface area contributed by atoms with Crippen molar-refractivity contribution in [3.05, 3.63) is 29.8 Å². The van der Waals surface area contributed by atoms with Gasteiger partial charge in [-0.25, -0.2) is 4.79 Å². The Labute approximate surface area is 205 Å². The number of amides is 3. The second-order valence-corrected chi connectivity index (χ2v) is 9.46. The van der Waals surface area contributed by atoms with Crippen LogP contribution < -0.4 is 21.7 Å². The first-order chi connectivity index (χ1) is 16.2. The summed E-state index contributed by atoms with van der Waals surface area (Å²) in [7, 11) is 0. The van der Waals surface area contributed by atoms with Crippen LogP contribution in [0.4, 0.5) is 0 Å². The summed E-state index contributed by atoms with van der Waals surface area (Å²) in [5.41, 5.74) is 6.29. The number of rotatable bonds is 13. The number of hydrogen-bond donors (Lipinski definition) is 7. The smallest absolute Gasteiger partial charge is 0.326 e. The number of carboxylic acid groups (broad SMARTS) is 1. The number of nitrogens with two attached hydrogens (primary N) is 1. The van der Waals surface area contributed by atoms with E-state index in [-0.39, 0.29) is 24.5 Å². The molecule has 11 heteroatoms. The fraction of sp³-hybridized carbons (Fsp3) is 0.583. The van der Waals surface area contributed by atoms with Gasteiger partial charge in [0.1, 0.15) is 29.9 Å². The Morgan fingerprint density at radius 1 is 0.857 bits per heavy atom. The van der Waals surface area contributed by atoms with E-state index in [2.05, 4.69) is 16.0 Å². The third kappa shape index (κ3) is 9.91. The standard InChI is InChI=1S/C24H38N4O7/c1-12(2)10-17(27-23(33)19(25)14(5)29)21(31)26-18(11-15-6-8-16(30)9-7-15)22(32)28-20(13(3)4)24(34)35/h6-9,12-14,17-20,29-30H,10-11,25H2,1-5H3,(H,26,31)(H,27,33)(H,28,32)(H,34,35). The minimum absolute atomic E-state index is 0.00414. The van der Waals surface area contributed by atoms with Crippen LogP contribution in [0.1, 0.15) is 46.6 Å². The van der Waals surface area contributed by atoms with Crippen LogP contribution >= 0.6 is 0 Å². The Balaban J connectivity index is 3.17. The van der Waals surface area contributed by atoms with Gasteiger partial charge in [0.05, 0.1) is 6.10 Å². The molecule has 1 aromatic rings. The molecule has 0 saturated heterocycles. The van der Waals surface area contributed by atoms with Crippen molar-refractivity contribution in [3.8, 4) is 5.75 Å². The molecule has 1 aromatic carbocycles. The van der Waals surface area contributed by atoms with Gasteiger partial charge in [-0.15, -0.1) is 0 Å². The van der Waals surface area contributed by atoms with Crippen molar-refractivity contribution < 1.29 is 34.5 Å². The normalized spacial score (nSPS) is 15.6. The molecule has 0 aliphatic rings. The van der Waals surface area contributed by atoms with Crippen LogP contribution in [0.2, 0.25) is 0 Å². The fourth-order valence-electron chi connectivity index (χ4n) is 3.31. The van der Waals surface area contributed by atoms with Crippen molar-refractivity contribution in [1.29, 1.82) is 0 Å². The molecule has 11 nitrogen and oxygen atoms in total. The van der Waals surface area contributed by atoms with Crippen LogP contribution in [0.3, 0.4) is 0 Å². The Bertz CT molecular complexity index is 871. The number of phenolic OH excluding ortho intramolecular Hbond substituents is 1. The highest BCUT2D eigenvalue weighted by Gasteiger charge is 2.32. The molecule has 5 atom stereocenters. The number of carbonyl (C=O) groups is 4. The zero-order valence-corrected chi connectivity index (χ0v) is 20.8. The van der Waals surface area contributed by atoms with Crippen LogP contribution in [0, 0.1) is 11.8 Å². The third-order valence-electron chi connectivity index (χ3n) is 5.40. The highest BCUT2D eigenvalue weighted by Crippen LogP contribution is 2.13. The van der Waals surface area contributed by atoms with E-state index in [9.17, 15) is 34.5 Å². The molecule has 35 heavy (non-hydrogen) atoms. The fourth-order valence-corrected chi connectivity index (χ4v) is 3.31. The van der Waals surface area contributed by atoms with E-state index < -0.39 is 59.9 Å². The molecule has 0 aliphatic heterocycles. The Kier molecular flexibility index (Phi) is 11.6. The monoisotopic (exact) mass is 494 g/mol. The second kappa shape index (κ2) is 13.6. The Morgan fingerprint density at radius 3 is 1.83 bits per heavy atom. The molecule has 1 rings (SSSR count). The minimum atomic E-state index is -1.24. The summed E-state index contributed by atoms with van der Waals surface area (Å²) < 4.78 is 0. The number of aromatic hydroxyl groups is 1. The average molecular weight is 495 g/mol. The molecular formula is C24H38N4O7. The summed E-state index contributed by atoms with van der Waals surface area (Å²) in [5.74, 6) is -3.67. The SMILES string of the molecule is CC(C)CC(NC(=O)C(N)C(C)O)C(=O)NC(Cc1ccc(O)cc1)C(=O)NC(C(=O)O)C(C)C. The predicted molar refractivity (Wildman–Crippen MR) is 129 cm³/mol. The minimum Gasteiger partial charge on any atom is -0.508 e. The Morgan fingerprint density at radius 2 is 1.37 bits per heavy atom. The first-order valence-electron chi connectivity index (χ1n) is 11.6. The molecule has 5 unspecified atom stereocenters. The molecule has 3 amide bonds. The number of phenols is 1. The molecule has 0 radical (unpaired) electrons. The molecule has 196 valence electrons. The first kappa shape index (κ1) is 29.9. The van der Waals surface area contributed by atoms with E-state index in [0.29, 0.717) is 5.56 Å². The number of aliphatic hydroxyl groups excluding tert-OH is 1. The van der Waals surface area contributed by atoms with Gasteiger partial charge in [0.15, 0.2) is 0 Å². The lowest BCUT2D eigenvalue weighted by Gasteiger charge is -2.27. The summed E-state index contributed by atoms with van der Waals surface area (Å²) >= 11 is 0. The van der Waals surface area contributed by atoms with Crippen molar-refractivity contribution in [2.24, 2.45) is 17.6 Å². The lowest BCUT2D eigenvalue weighted by molar-refractivity contribution is -0.143. The van der Waals surface area contributed by atoms with Gasteiger partial charge >= 0.3 is 5.97 Å². The molecule has 0 saturated carbocycles. The van der Waals surface area contributed by atoms with Crippen molar-refractivity contribution >= 4 is 23.7 Å². The van der Waals surface area contributed by atoms with E-state index in [1.54, 1.807) is 26.0 Å². The summed E-state index contributed by atoms with van der Waals surface area (Å²) in [6.07, 6.45) is -0.881. The van der Waals surface area contributed by atoms with E-state index in [1.165, 1.54) is 19.1 Å². The van der Waals surface area contributed by atoms with Crippen LogP contribution in [0.25, 0.3) is 0 Å². The number of aliphatic hydroxyl groups is 1. The van der Waals surface area contributed by atoms with Crippen molar-refractivity contribution in [2.75, 3.05) is 0 Å². The number of carboxylic acids is 1. The van der Waals surface area contributed by atoms with Gasteiger partial charge in [-0.1, -0.05) is 39.8 Å². The Hall–Kier alpha value is -3.18. The van der Waals surface area contributed by atoms with E-state index >= 15 is 0 Å². The van der Waals surface area contributed by atoms with Gasteiger partial charge in [0.25, 0.3) is 0 Å². The van der Waals surface area contributed by atoms with Crippen molar-refractivity contribution in [3.63, 3.8) is 0 Å². The number of aliphatic carboxylic acids is 1. The maximum atomic E-state index is 13.2. The van der Waals surface area contributed by atoms with Crippen LogP contribution in [-0.4, -0.2) is 69.3 Å². The molecule has 0 bridgehead atoms. The first-order valence-corrected chi connectivity index (χ1v) is 11.6. The number of benzene rings is 1. The van der Waals surface area contributed by atoms with Crippen molar-refractivity contribution in [1.82, 2.24) is 16.0 Å². The maximum Gasteiger partial charge on any atom is 0.326 e. The molecule has 0 heterocycles. The molecule has 0 spiro atoms. The summed E-state index contributed by atoms with van der Waals surface area (Å²) in [6.45, 7) is 8.34. The molecule has 0 aromatic heterocycles. The van der Waals surface area contributed by atoms with Crippen LogP contribution in [-0.2, 0) is 25.6 Å². The lowest BCUT2D eigenvalue weighted by atomic mass is 9.99. The zero-order valence-electron chi connectivity index (χ0n) is 20.8. The molecule has 0 fully saturated rings. The van der Waals surface area contributed by atoms with E-state index in [0.717, 1.165) is 0 Å². The number of hydrogen-bond acceptors (Lipinski definition) is 7. The molecule has 8 N–H and O–H groups in total. The van der Waals surface area contributed by atoms with E-state index in [1.807, 2.05) is 13.8 Å². The second-order valence-electron chi connectivity index (χ2n) is 9.46. The predicted octanol–water partition coefficient (Wildman–Crippen LogP) is -0.116. The van der Waals surface area contributed by atoms with Crippen LogP contribution in [0.15, 0.2) is 24.3 Å². The van der Waals surface area contributed by atoms with Crippen LogP contribution in [0.5, 0.6) is 5.75 Å². The van der Waals surface area contributed by atoms with Gasteiger partial charge in [-0.2, -0.15) is 0 Å². The summed E-state index contributed by atoms with van der Waals surface area (Å²) in [5, 5.41) is 36.2. The van der Waals surface area contributed by atoms with Gasteiger partial charge in [-0.3, -0.25) is 14.4 Å². The highest BCUT2D eigenvalue weighted by atomic mass is 16.4. The molecule has 0 aliphatic carbocycles. The third-order valence-corrected chi connectivity index (χ3v) is 5.40. The topological polar surface area (TPSA) is 191 Å². The highest BCUT2D eigenvalue weighted by molar-refractivity contribution is 5.94. The van der Waals surface area contributed by atoms with Crippen molar-refractivity contribution in [2.45, 2.75) is 77.7 Å². The van der Waals surface area contributed by atoms with Gasteiger partial charge in [0, 0.05) is 6.42 Å². The summed E-state index contributed by atoms with van der Waals surface area (Å²) in [6, 6.07) is 1.40. The molecular weight excluding hydrogens is 456 g/mol. The summed E-state index contributed by atoms with van der Waals surface area (Å²) in [4.78, 5) is 50.2. The quantitative estimate of drug-likeness (QED) is 0.197. The maximum absolute atomic E-state index is 13.2. The van der Waals surface area contributed by atoms with E-state index in [4.69, 9.17) is 5.73 Å². The average Bonchev–Trinajstić information content (AvgIpc) is 2.76. The van der Waals surface area contributed by atoms with Gasteiger partial charge < -0.3 is 37.0 Å².